The van der Waals surface area contributed by atoms with Gasteiger partial charge in [0.05, 0.1) is 34.6 Å². The van der Waals surface area contributed by atoms with E-state index in [9.17, 15) is 18.3 Å². The van der Waals surface area contributed by atoms with Gasteiger partial charge in [-0.05, 0) is 74.8 Å². The first-order valence-corrected chi connectivity index (χ1v) is 15.8. The number of likely N-dealkylation sites (tertiary alicyclic amines) is 1. The first kappa shape index (κ1) is 27.2. The van der Waals surface area contributed by atoms with Gasteiger partial charge in [-0.25, -0.2) is 17.9 Å². The fraction of sp³-hybridized carbons (Fsp3) is 0.567. The Balaban J connectivity index is 1.31. The SMILES string of the molecule is COCOc1ccc2c3c1O[C@H]1[C@H](NS(=O)(=O)c4ccccc4C(=O)OC)CC[C@@]4(O)[C@@H](C2)N(CC2CC2)CC[C@]314. The molecule has 2 aromatic carbocycles. The van der Waals surface area contributed by atoms with Crippen molar-refractivity contribution in [3.05, 3.63) is 53.1 Å². The van der Waals surface area contributed by atoms with Crippen LogP contribution in [0, 0.1) is 5.92 Å². The van der Waals surface area contributed by atoms with E-state index in [4.69, 9.17) is 18.9 Å². The Morgan fingerprint density at radius 3 is 2.71 bits per heavy atom. The molecule has 3 aliphatic carbocycles. The van der Waals surface area contributed by atoms with Crippen LogP contribution in [0.4, 0.5) is 0 Å². The predicted molar refractivity (Wildman–Crippen MR) is 148 cm³/mol. The summed E-state index contributed by atoms with van der Waals surface area (Å²) in [5.74, 6) is 1.05. The van der Waals surface area contributed by atoms with Gasteiger partial charge in [-0.1, -0.05) is 18.2 Å². The number of nitrogens with zero attached hydrogens (tertiary/aromatic N) is 1. The molecule has 10 nitrogen and oxygen atoms in total. The van der Waals surface area contributed by atoms with Crippen LogP contribution < -0.4 is 14.2 Å². The van der Waals surface area contributed by atoms with Crippen LogP contribution in [-0.2, 0) is 31.3 Å². The van der Waals surface area contributed by atoms with Gasteiger partial charge in [0.25, 0.3) is 0 Å². The van der Waals surface area contributed by atoms with Gasteiger partial charge < -0.3 is 24.1 Å². The summed E-state index contributed by atoms with van der Waals surface area (Å²) in [4.78, 5) is 14.7. The quantitative estimate of drug-likeness (QED) is 0.338. The second-order valence-corrected chi connectivity index (χ2v) is 13.8. The number of rotatable bonds is 9. The van der Waals surface area contributed by atoms with Gasteiger partial charge in [-0.3, -0.25) is 4.90 Å². The summed E-state index contributed by atoms with van der Waals surface area (Å²) in [6.45, 7) is 1.82. The van der Waals surface area contributed by atoms with Crippen LogP contribution in [0.2, 0.25) is 0 Å². The molecule has 7 rings (SSSR count). The number of ether oxygens (including phenoxy) is 4. The van der Waals surface area contributed by atoms with Gasteiger partial charge in [0.15, 0.2) is 18.3 Å². The van der Waals surface area contributed by atoms with Crippen LogP contribution in [0.15, 0.2) is 41.3 Å². The predicted octanol–water partition coefficient (Wildman–Crippen LogP) is 2.37. The van der Waals surface area contributed by atoms with Crippen molar-refractivity contribution in [3.63, 3.8) is 0 Å². The molecular weight excluding hydrogens is 548 g/mol. The van der Waals surface area contributed by atoms with E-state index >= 15 is 0 Å². The van der Waals surface area contributed by atoms with E-state index in [1.807, 2.05) is 6.07 Å². The van der Waals surface area contributed by atoms with Gasteiger partial charge in [0.2, 0.25) is 10.0 Å². The Bertz CT molecular complexity index is 1490. The highest BCUT2D eigenvalue weighted by Gasteiger charge is 2.73. The first-order chi connectivity index (χ1) is 19.7. The number of methoxy groups -OCH3 is 2. The number of nitrogens with one attached hydrogen (secondary N) is 1. The number of benzene rings is 2. The van der Waals surface area contributed by atoms with Crippen molar-refractivity contribution >= 4 is 16.0 Å². The van der Waals surface area contributed by atoms with E-state index in [-0.39, 0.29) is 23.3 Å². The van der Waals surface area contributed by atoms with Crippen LogP contribution in [0.1, 0.15) is 53.6 Å². The molecular formula is C30H36N2O8S. The first-order valence-electron chi connectivity index (χ1n) is 14.3. The molecule has 1 spiro atoms. The summed E-state index contributed by atoms with van der Waals surface area (Å²) in [5, 5.41) is 12.7. The Kier molecular flexibility index (Phi) is 6.40. The summed E-state index contributed by atoms with van der Waals surface area (Å²) < 4.78 is 53.1. The Morgan fingerprint density at radius 2 is 1.95 bits per heavy atom. The van der Waals surface area contributed by atoms with Crippen molar-refractivity contribution in [3.8, 4) is 11.5 Å². The summed E-state index contributed by atoms with van der Waals surface area (Å²) in [6, 6.07) is 9.24. The van der Waals surface area contributed by atoms with E-state index < -0.39 is 39.2 Å². The molecule has 0 unspecified atom stereocenters. The van der Waals surface area contributed by atoms with E-state index in [0.29, 0.717) is 43.1 Å². The second kappa shape index (κ2) is 9.67. The van der Waals surface area contributed by atoms with E-state index in [0.717, 1.165) is 24.2 Å². The molecule has 3 fully saturated rings. The third-order valence-corrected chi connectivity index (χ3v) is 11.5. The normalized spacial score (nSPS) is 31.7. The number of carbonyl (C=O) groups excluding carboxylic acids is 1. The fourth-order valence-electron chi connectivity index (χ4n) is 8.07. The highest BCUT2D eigenvalue weighted by Crippen LogP contribution is 2.65. The Hall–Kier alpha value is -2.70. The number of hydrogen-bond donors (Lipinski definition) is 2. The van der Waals surface area contributed by atoms with Crippen molar-refractivity contribution < 1.29 is 37.3 Å². The average Bonchev–Trinajstić information content (AvgIpc) is 3.71. The standard InChI is InChI=1S/C30H36N2O8S/c1-37-17-39-22-10-9-19-15-24-30(34)12-11-21(31-41(35,36)23-6-4-3-5-20(23)28(33)38-2)27-29(30,25(19)26(22)40-27)13-14-32(24)16-18-7-8-18/h3-6,9-10,18,21,24,27,31,34H,7-8,11-17H2,1-2H3/t21-,24-,27+,29+,30-/m1/s1. The molecule has 5 aliphatic rings. The van der Waals surface area contributed by atoms with Gasteiger partial charge in [-0.2, -0.15) is 0 Å². The van der Waals surface area contributed by atoms with Crippen LogP contribution >= 0.6 is 0 Å². The molecule has 11 heteroatoms. The topological polar surface area (TPSA) is 124 Å². The fourth-order valence-corrected chi connectivity index (χ4v) is 9.54. The molecule has 0 radical (unpaired) electrons. The molecule has 41 heavy (non-hydrogen) atoms. The molecule has 0 amide bonds. The maximum absolute atomic E-state index is 13.8. The summed E-state index contributed by atoms with van der Waals surface area (Å²) in [6.07, 6.45) is 3.96. The van der Waals surface area contributed by atoms with Crippen molar-refractivity contribution in [1.29, 1.82) is 0 Å². The molecule has 2 N–H and O–H groups in total. The number of carbonyl (C=O) groups is 1. The number of hydrogen-bond acceptors (Lipinski definition) is 9. The number of piperidine rings is 1. The lowest BCUT2D eigenvalue weighted by molar-refractivity contribution is -0.190. The molecule has 2 heterocycles. The zero-order valence-electron chi connectivity index (χ0n) is 23.3. The van der Waals surface area contributed by atoms with E-state index in [1.54, 1.807) is 19.2 Å². The Morgan fingerprint density at radius 1 is 1.15 bits per heavy atom. The molecule has 0 aromatic heterocycles. The lowest BCUT2D eigenvalue weighted by atomic mass is 9.48. The maximum Gasteiger partial charge on any atom is 0.339 e. The number of esters is 1. The van der Waals surface area contributed by atoms with Crippen LogP contribution in [-0.4, -0.2) is 82.3 Å². The lowest BCUT2D eigenvalue weighted by Gasteiger charge is -2.64. The van der Waals surface area contributed by atoms with Gasteiger partial charge in [0.1, 0.15) is 6.10 Å². The summed E-state index contributed by atoms with van der Waals surface area (Å²) in [5.41, 5.74) is 0.129. The van der Waals surface area contributed by atoms with Crippen LogP contribution in [0.25, 0.3) is 0 Å². The molecule has 2 aromatic rings. The largest absolute Gasteiger partial charge is 0.483 e. The minimum absolute atomic E-state index is 0.0349. The van der Waals surface area contributed by atoms with Crippen molar-refractivity contribution in [2.24, 2.45) is 5.92 Å². The molecule has 2 aliphatic heterocycles. The zero-order chi connectivity index (χ0) is 28.6. The van der Waals surface area contributed by atoms with Gasteiger partial charge in [-0.15, -0.1) is 0 Å². The summed E-state index contributed by atoms with van der Waals surface area (Å²) >= 11 is 0. The second-order valence-electron chi connectivity index (χ2n) is 12.1. The maximum atomic E-state index is 13.8. The monoisotopic (exact) mass is 584 g/mol. The minimum Gasteiger partial charge on any atom is -0.483 e. The van der Waals surface area contributed by atoms with E-state index in [1.165, 1.54) is 32.1 Å². The van der Waals surface area contributed by atoms with Crippen molar-refractivity contribution in [2.45, 2.75) is 72.6 Å². The van der Waals surface area contributed by atoms with Crippen molar-refractivity contribution in [2.75, 3.05) is 34.1 Å². The lowest BCUT2D eigenvalue weighted by Crippen LogP contribution is -2.78. The zero-order valence-corrected chi connectivity index (χ0v) is 24.1. The summed E-state index contributed by atoms with van der Waals surface area (Å²) in [7, 11) is -1.38. The highest BCUT2D eigenvalue weighted by atomic mass is 32.2. The molecule has 1 saturated heterocycles. The number of aliphatic hydroxyl groups is 1. The van der Waals surface area contributed by atoms with E-state index in [2.05, 4.69) is 15.7 Å². The van der Waals surface area contributed by atoms with Gasteiger partial charge >= 0.3 is 5.97 Å². The van der Waals surface area contributed by atoms with Gasteiger partial charge in [0, 0.05) is 25.3 Å². The Labute approximate surface area is 240 Å². The van der Waals surface area contributed by atoms with Crippen LogP contribution in [0.5, 0.6) is 11.5 Å². The third-order valence-electron chi connectivity index (χ3n) is 9.97. The average molecular weight is 585 g/mol. The molecule has 220 valence electrons. The third kappa shape index (κ3) is 3.96. The molecule has 2 bridgehead atoms. The van der Waals surface area contributed by atoms with Crippen LogP contribution in [0.3, 0.4) is 0 Å². The van der Waals surface area contributed by atoms with Crippen molar-refractivity contribution in [1.82, 2.24) is 9.62 Å². The minimum atomic E-state index is -4.15. The highest BCUT2D eigenvalue weighted by molar-refractivity contribution is 7.89. The number of sulfonamides is 1. The smallest absolute Gasteiger partial charge is 0.339 e. The molecule has 2 saturated carbocycles. The molecule has 5 atom stereocenters.